The van der Waals surface area contributed by atoms with E-state index in [4.69, 9.17) is 10.5 Å². The second-order valence-electron chi connectivity index (χ2n) is 4.02. The lowest BCUT2D eigenvalue weighted by Gasteiger charge is -2.35. The Morgan fingerprint density at radius 2 is 2.44 bits per heavy atom. The minimum absolute atomic E-state index is 0.0757. The fourth-order valence-corrected chi connectivity index (χ4v) is 2.04. The Balaban J connectivity index is 2.42. The van der Waals surface area contributed by atoms with Gasteiger partial charge in [-0.05, 0) is 6.42 Å². The van der Waals surface area contributed by atoms with Crippen molar-refractivity contribution in [1.29, 1.82) is 0 Å². The average Bonchev–Trinajstić information content (AvgIpc) is 2.38. The summed E-state index contributed by atoms with van der Waals surface area (Å²) in [6, 6.07) is 0.0757. The van der Waals surface area contributed by atoms with Crippen molar-refractivity contribution in [3.05, 3.63) is 16.4 Å². The molecule has 0 bridgehead atoms. The lowest BCUT2D eigenvalue weighted by Crippen LogP contribution is -2.46. The summed E-state index contributed by atoms with van der Waals surface area (Å²) in [4.78, 5) is 20.1. The van der Waals surface area contributed by atoms with E-state index in [0.29, 0.717) is 19.8 Å². The number of aromatic nitrogens is 2. The third-order valence-electron chi connectivity index (χ3n) is 2.98. The van der Waals surface area contributed by atoms with Gasteiger partial charge in [-0.2, -0.15) is 0 Å². The number of nitrogens with zero attached hydrogens (tertiary/aromatic N) is 4. The maximum Gasteiger partial charge on any atom is 0.353 e. The van der Waals surface area contributed by atoms with Gasteiger partial charge in [0.1, 0.15) is 6.33 Å². The van der Waals surface area contributed by atoms with Gasteiger partial charge in [0, 0.05) is 6.54 Å². The maximum atomic E-state index is 11.1. The molecular weight excluding hydrogens is 238 g/mol. The Hall–Kier alpha value is -1.96. The Bertz CT molecular complexity index is 453. The van der Waals surface area contributed by atoms with Crippen LogP contribution in [0.25, 0.3) is 0 Å². The van der Waals surface area contributed by atoms with Crippen LogP contribution in [0.15, 0.2) is 6.33 Å². The SMILES string of the molecule is CCC1COCCN1c1ncnc(N)c1[N+](=O)[O-]. The summed E-state index contributed by atoms with van der Waals surface area (Å²) < 4.78 is 5.37. The third-order valence-corrected chi connectivity index (χ3v) is 2.98. The molecule has 1 aromatic rings. The van der Waals surface area contributed by atoms with Crippen molar-refractivity contribution in [2.75, 3.05) is 30.4 Å². The molecule has 0 spiro atoms. The van der Waals surface area contributed by atoms with E-state index < -0.39 is 4.92 Å². The molecule has 2 heterocycles. The number of anilines is 2. The molecule has 0 radical (unpaired) electrons. The van der Waals surface area contributed by atoms with E-state index in [0.717, 1.165) is 6.42 Å². The Labute approximate surface area is 104 Å². The molecule has 8 heteroatoms. The standard InChI is InChI=1S/C10H15N5O3/c1-2-7-5-18-4-3-14(7)10-8(15(16)17)9(11)12-6-13-10/h6-7H,2-5H2,1H3,(H2,11,12,13). The van der Waals surface area contributed by atoms with E-state index in [-0.39, 0.29) is 23.4 Å². The second kappa shape index (κ2) is 5.13. The Morgan fingerprint density at radius 3 is 3.11 bits per heavy atom. The van der Waals surface area contributed by atoms with E-state index in [1.54, 1.807) is 0 Å². The molecular formula is C10H15N5O3. The largest absolute Gasteiger partial charge is 0.378 e. The summed E-state index contributed by atoms with van der Waals surface area (Å²) >= 11 is 0. The molecule has 1 aliphatic heterocycles. The topological polar surface area (TPSA) is 107 Å². The quantitative estimate of drug-likeness (QED) is 0.620. The van der Waals surface area contributed by atoms with Gasteiger partial charge in [0.2, 0.25) is 11.6 Å². The number of nitro groups is 1. The van der Waals surface area contributed by atoms with Crippen molar-refractivity contribution in [2.45, 2.75) is 19.4 Å². The summed E-state index contributed by atoms with van der Waals surface area (Å²) in [5, 5.41) is 11.1. The van der Waals surface area contributed by atoms with Crippen LogP contribution in [-0.4, -0.2) is 40.7 Å². The lowest BCUT2D eigenvalue weighted by atomic mass is 10.1. The first-order valence-electron chi connectivity index (χ1n) is 5.74. The van der Waals surface area contributed by atoms with Gasteiger partial charge in [-0.25, -0.2) is 9.97 Å². The highest BCUT2D eigenvalue weighted by molar-refractivity contribution is 5.68. The number of hydrogen-bond donors (Lipinski definition) is 1. The van der Waals surface area contributed by atoms with Gasteiger partial charge < -0.3 is 15.4 Å². The van der Waals surface area contributed by atoms with E-state index >= 15 is 0 Å². The molecule has 1 saturated heterocycles. The van der Waals surface area contributed by atoms with Crippen LogP contribution in [0.2, 0.25) is 0 Å². The highest BCUT2D eigenvalue weighted by Gasteiger charge is 2.31. The van der Waals surface area contributed by atoms with E-state index in [1.165, 1.54) is 6.33 Å². The molecule has 2 N–H and O–H groups in total. The molecule has 0 aliphatic carbocycles. The molecule has 1 fully saturated rings. The fourth-order valence-electron chi connectivity index (χ4n) is 2.04. The molecule has 1 atom stereocenters. The van der Waals surface area contributed by atoms with Crippen molar-refractivity contribution in [1.82, 2.24) is 9.97 Å². The van der Waals surface area contributed by atoms with E-state index in [2.05, 4.69) is 9.97 Å². The van der Waals surface area contributed by atoms with Crippen LogP contribution in [0.1, 0.15) is 13.3 Å². The normalized spacial score (nSPS) is 19.8. The molecule has 0 saturated carbocycles. The van der Waals surface area contributed by atoms with Crippen LogP contribution >= 0.6 is 0 Å². The van der Waals surface area contributed by atoms with Gasteiger partial charge >= 0.3 is 5.69 Å². The molecule has 1 aliphatic rings. The van der Waals surface area contributed by atoms with Crippen LogP contribution in [0, 0.1) is 10.1 Å². The van der Waals surface area contributed by atoms with Gasteiger partial charge in [0.15, 0.2) is 0 Å². The van der Waals surface area contributed by atoms with Crippen LogP contribution in [-0.2, 0) is 4.74 Å². The lowest BCUT2D eigenvalue weighted by molar-refractivity contribution is -0.383. The summed E-state index contributed by atoms with van der Waals surface area (Å²) in [5.74, 6) is 0.175. The fraction of sp³-hybridized carbons (Fsp3) is 0.600. The smallest absolute Gasteiger partial charge is 0.353 e. The van der Waals surface area contributed by atoms with Crippen molar-refractivity contribution in [3.63, 3.8) is 0 Å². The van der Waals surface area contributed by atoms with Crippen LogP contribution in [0.5, 0.6) is 0 Å². The summed E-state index contributed by atoms with van der Waals surface area (Å²) in [5.41, 5.74) is 5.34. The summed E-state index contributed by atoms with van der Waals surface area (Å²) in [7, 11) is 0. The van der Waals surface area contributed by atoms with Crippen molar-refractivity contribution in [2.24, 2.45) is 0 Å². The number of ether oxygens (including phenoxy) is 1. The van der Waals surface area contributed by atoms with E-state index in [9.17, 15) is 10.1 Å². The van der Waals surface area contributed by atoms with Gasteiger partial charge in [0.25, 0.3) is 0 Å². The summed E-state index contributed by atoms with van der Waals surface area (Å²) in [6.45, 7) is 3.63. The summed E-state index contributed by atoms with van der Waals surface area (Å²) in [6.07, 6.45) is 2.07. The molecule has 0 amide bonds. The minimum Gasteiger partial charge on any atom is -0.378 e. The van der Waals surface area contributed by atoms with Crippen molar-refractivity contribution < 1.29 is 9.66 Å². The molecule has 1 aromatic heterocycles. The highest BCUT2D eigenvalue weighted by Crippen LogP contribution is 2.32. The molecule has 8 nitrogen and oxygen atoms in total. The van der Waals surface area contributed by atoms with Crippen molar-refractivity contribution in [3.8, 4) is 0 Å². The zero-order chi connectivity index (χ0) is 13.1. The first kappa shape index (κ1) is 12.5. The monoisotopic (exact) mass is 253 g/mol. The molecule has 98 valence electrons. The number of nitrogens with two attached hydrogens (primary N) is 1. The van der Waals surface area contributed by atoms with Crippen LogP contribution < -0.4 is 10.6 Å². The highest BCUT2D eigenvalue weighted by atomic mass is 16.6. The second-order valence-corrected chi connectivity index (χ2v) is 4.02. The van der Waals surface area contributed by atoms with Gasteiger partial charge in [-0.1, -0.05) is 6.92 Å². The molecule has 1 unspecified atom stereocenters. The third kappa shape index (κ3) is 2.19. The van der Waals surface area contributed by atoms with E-state index in [1.807, 2.05) is 11.8 Å². The van der Waals surface area contributed by atoms with Crippen LogP contribution in [0.3, 0.4) is 0 Å². The molecule has 0 aromatic carbocycles. The number of nitrogen functional groups attached to an aromatic ring is 1. The van der Waals surface area contributed by atoms with Gasteiger partial charge in [-0.3, -0.25) is 10.1 Å². The zero-order valence-electron chi connectivity index (χ0n) is 10.1. The Kier molecular flexibility index (Phi) is 3.56. The molecule has 18 heavy (non-hydrogen) atoms. The first-order valence-corrected chi connectivity index (χ1v) is 5.74. The van der Waals surface area contributed by atoms with Gasteiger partial charge in [0.05, 0.1) is 24.2 Å². The minimum atomic E-state index is -0.535. The first-order chi connectivity index (χ1) is 8.65. The predicted octanol–water partition coefficient (Wildman–Crippen LogP) is 0.582. The van der Waals surface area contributed by atoms with Gasteiger partial charge in [-0.15, -0.1) is 0 Å². The number of rotatable bonds is 3. The maximum absolute atomic E-state index is 11.1. The average molecular weight is 253 g/mol. The van der Waals surface area contributed by atoms with Crippen molar-refractivity contribution >= 4 is 17.3 Å². The number of hydrogen-bond acceptors (Lipinski definition) is 7. The zero-order valence-corrected chi connectivity index (χ0v) is 10.1. The molecule has 2 rings (SSSR count). The number of morpholine rings is 1. The predicted molar refractivity (Wildman–Crippen MR) is 65.3 cm³/mol. The Morgan fingerprint density at radius 1 is 1.67 bits per heavy atom. The van der Waals surface area contributed by atoms with Crippen LogP contribution in [0.4, 0.5) is 17.3 Å².